The molecular weight excluding hydrogens is 322 g/mol. The minimum absolute atomic E-state index is 0.0245. The molecule has 0 bridgehead atoms. The van der Waals surface area contributed by atoms with Gasteiger partial charge in [0.15, 0.2) is 0 Å². The van der Waals surface area contributed by atoms with Crippen molar-refractivity contribution in [1.82, 2.24) is 5.32 Å². The van der Waals surface area contributed by atoms with Crippen molar-refractivity contribution in [3.8, 4) is 0 Å². The second-order valence-corrected chi connectivity index (χ2v) is 5.74. The lowest BCUT2D eigenvalue weighted by Gasteiger charge is -2.06. The van der Waals surface area contributed by atoms with Crippen LogP contribution in [0, 0.1) is 0 Å². The second kappa shape index (κ2) is 6.87. The number of carbonyl (C=O) groups excluding carboxylic acids is 1. The van der Waals surface area contributed by atoms with Crippen LogP contribution in [-0.2, 0) is 18.3 Å². The number of carbonyl (C=O) groups is 1. The number of hydrogen-bond acceptors (Lipinski definition) is 2. The maximum Gasteiger partial charge on any atom is 0.261 e. The molecule has 1 heterocycles. The van der Waals surface area contributed by atoms with Gasteiger partial charge in [0.2, 0.25) is 0 Å². The Hall–Kier alpha value is -1.13. The number of benzene rings is 1. The van der Waals surface area contributed by atoms with E-state index in [1.165, 1.54) is 16.9 Å². The summed E-state index contributed by atoms with van der Waals surface area (Å²) in [4.78, 5) is 12.9. The minimum Gasteiger partial charge on any atom is -0.347 e. The lowest BCUT2D eigenvalue weighted by molar-refractivity contribution is 0.0954. The van der Waals surface area contributed by atoms with Gasteiger partial charge >= 0.3 is 0 Å². The van der Waals surface area contributed by atoms with E-state index in [1.54, 1.807) is 0 Å². The molecule has 0 aliphatic carbocycles. The van der Waals surface area contributed by atoms with Gasteiger partial charge in [-0.25, -0.2) is 0 Å². The quantitative estimate of drug-likeness (QED) is 0.816. The van der Waals surface area contributed by atoms with Crippen LogP contribution in [0.5, 0.6) is 0 Å². The van der Waals surface area contributed by atoms with Gasteiger partial charge in [-0.1, -0.05) is 47.1 Å². The Morgan fingerprint density at radius 2 is 1.89 bits per heavy atom. The zero-order chi connectivity index (χ0) is 13.7. The van der Waals surface area contributed by atoms with Gasteiger partial charge in [0.25, 0.3) is 5.91 Å². The lowest BCUT2D eigenvalue weighted by atomic mass is 10.1. The molecule has 0 fully saturated rings. The van der Waals surface area contributed by atoms with Crippen molar-refractivity contribution in [2.75, 3.05) is 0 Å². The normalized spacial score (nSPS) is 10.4. The Labute approximate surface area is 126 Å². The van der Waals surface area contributed by atoms with E-state index < -0.39 is 0 Å². The molecule has 1 aromatic carbocycles. The van der Waals surface area contributed by atoms with Gasteiger partial charge in [0.1, 0.15) is 0 Å². The Morgan fingerprint density at radius 3 is 2.53 bits per heavy atom. The fraction of sp³-hybridized carbons (Fsp3) is 0.267. The number of hydrogen-bond donors (Lipinski definition) is 1. The van der Waals surface area contributed by atoms with Crippen LogP contribution >= 0.6 is 27.3 Å². The third kappa shape index (κ3) is 3.67. The van der Waals surface area contributed by atoms with Crippen molar-refractivity contribution in [2.45, 2.75) is 25.2 Å². The van der Waals surface area contributed by atoms with Gasteiger partial charge in [-0.3, -0.25) is 4.79 Å². The number of rotatable bonds is 5. The molecule has 0 unspecified atom stereocenters. The number of nitrogens with one attached hydrogen (secondary N) is 1. The number of alkyl halides is 1. The van der Waals surface area contributed by atoms with E-state index in [4.69, 9.17) is 0 Å². The largest absolute Gasteiger partial charge is 0.347 e. The standard InChI is InChI=1S/C15H16BrNOS/c1-2-13-7-8-19-14(13)15(18)17-10-12-5-3-11(9-16)4-6-12/h3-8H,2,9-10H2,1H3,(H,17,18). The summed E-state index contributed by atoms with van der Waals surface area (Å²) >= 11 is 4.92. The summed E-state index contributed by atoms with van der Waals surface area (Å²) in [6.07, 6.45) is 0.895. The van der Waals surface area contributed by atoms with Crippen LogP contribution in [0.15, 0.2) is 35.7 Å². The molecule has 0 saturated heterocycles. The molecule has 0 aliphatic heterocycles. The zero-order valence-corrected chi connectivity index (χ0v) is 13.2. The summed E-state index contributed by atoms with van der Waals surface area (Å²) in [5.41, 5.74) is 3.48. The SMILES string of the molecule is CCc1ccsc1C(=O)NCc1ccc(CBr)cc1. The van der Waals surface area contributed by atoms with Crippen molar-refractivity contribution in [3.05, 3.63) is 57.3 Å². The highest BCUT2D eigenvalue weighted by Gasteiger charge is 2.11. The topological polar surface area (TPSA) is 29.1 Å². The molecule has 2 aromatic rings. The van der Waals surface area contributed by atoms with Crippen molar-refractivity contribution in [2.24, 2.45) is 0 Å². The fourth-order valence-electron chi connectivity index (χ4n) is 1.82. The minimum atomic E-state index is 0.0245. The van der Waals surface area contributed by atoms with Crippen LogP contribution in [0.1, 0.15) is 33.3 Å². The molecule has 4 heteroatoms. The molecule has 0 aliphatic rings. The molecule has 1 amide bonds. The molecule has 1 aromatic heterocycles. The molecule has 2 rings (SSSR count). The highest BCUT2D eigenvalue weighted by molar-refractivity contribution is 9.08. The van der Waals surface area contributed by atoms with Gasteiger partial charge in [-0.15, -0.1) is 11.3 Å². The highest BCUT2D eigenvalue weighted by Crippen LogP contribution is 2.17. The van der Waals surface area contributed by atoms with E-state index in [0.29, 0.717) is 6.54 Å². The van der Waals surface area contributed by atoms with Crippen molar-refractivity contribution in [1.29, 1.82) is 0 Å². The molecule has 0 saturated carbocycles. The van der Waals surface area contributed by atoms with Crippen LogP contribution in [0.2, 0.25) is 0 Å². The van der Waals surface area contributed by atoms with Gasteiger partial charge in [-0.2, -0.15) is 0 Å². The zero-order valence-electron chi connectivity index (χ0n) is 10.8. The molecule has 0 radical (unpaired) electrons. The summed E-state index contributed by atoms with van der Waals surface area (Å²) in [7, 11) is 0. The van der Waals surface area contributed by atoms with E-state index >= 15 is 0 Å². The molecule has 0 spiro atoms. The van der Waals surface area contributed by atoms with E-state index in [1.807, 2.05) is 23.6 Å². The fourth-order valence-corrected chi connectivity index (χ4v) is 3.11. The first kappa shape index (κ1) is 14.3. The van der Waals surface area contributed by atoms with E-state index in [2.05, 4.69) is 40.3 Å². The summed E-state index contributed by atoms with van der Waals surface area (Å²) in [5, 5.41) is 5.80. The van der Waals surface area contributed by atoms with Crippen LogP contribution in [-0.4, -0.2) is 5.91 Å². The van der Waals surface area contributed by atoms with Crippen LogP contribution < -0.4 is 5.32 Å². The average Bonchev–Trinajstić information content (AvgIpc) is 2.93. The summed E-state index contributed by atoms with van der Waals surface area (Å²) in [6.45, 7) is 2.64. The Morgan fingerprint density at radius 1 is 1.21 bits per heavy atom. The summed E-state index contributed by atoms with van der Waals surface area (Å²) in [5.74, 6) is 0.0245. The second-order valence-electron chi connectivity index (χ2n) is 4.26. The first-order chi connectivity index (χ1) is 9.24. The maximum absolute atomic E-state index is 12.1. The first-order valence-electron chi connectivity index (χ1n) is 6.23. The predicted octanol–water partition coefficient (Wildman–Crippen LogP) is 4.14. The molecule has 19 heavy (non-hydrogen) atoms. The van der Waals surface area contributed by atoms with E-state index in [0.717, 1.165) is 27.8 Å². The van der Waals surface area contributed by atoms with Gasteiger partial charge in [0.05, 0.1) is 4.88 Å². The summed E-state index contributed by atoms with van der Waals surface area (Å²) in [6, 6.07) is 10.3. The van der Waals surface area contributed by atoms with Crippen molar-refractivity contribution >= 4 is 33.2 Å². The lowest BCUT2D eigenvalue weighted by Crippen LogP contribution is -2.22. The molecule has 100 valence electrons. The monoisotopic (exact) mass is 337 g/mol. The maximum atomic E-state index is 12.1. The first-order valence-corrected chi connectivity index (χ1v) is 8.23. The Bertz CT molecular complexity index is 548. The van der Waals surface area contributed by atoms with Crippen LogP contribution in [0.4, 0.5) is 0 Å². The molecule has 2 nitrogen and oxygen atoms in total. The van der Waals surface area contributed by atoms with E-state index in [-0.39, 0.29) is 5.91 Å². The van der Waals surface area contributed by atoms with Gasteiger partial charge < -0.3 is 5.32 Å². The van der Waals surface area contributed by atoms with Crippen LogP contribution in [0.25, 0.3) is 0 Å². The Kier molecular flexibility index (Phi) is 5.16. The molecular formula is C15H16BrNOS. The van der Waals surface area contributed by atoms with Gasteiger partial charge in [0, 0.05) is 11.9 Å². The molecule has 0 atom stereocenters. The summed E-state index contributed by atoms with van der Waals surface area (Å²) < 4.78 is 0. The number of halogens is 1. The van der Waals surface area contributed by atoms with Crippen LogP contribution in [0.3, 0.4) is 0 Å². The number of thiophene rings is 1. The van der Waals surface area contributed by atoms with E-state index in [9.17, 15) is 4.79 Å². The third-order valence-corrected chi connectivity index (χ3v) is 4.57. The predicted molar refractivity (Wildman–Crippen MR) is 83.9 cm³/mol. The van der Waals surface area contributed by atoms with Crippen molar-refractivity contribution < 1.29 is 4.79 Å². The molecule has 1 N–H and O–H groups in total. The smallest absolute Gasteiger partial charge is 0.261 e. The van der Waals surface area contributed by atoms with Crippen molar-refractivity contribution in [3.63, 3.8) is 0 Å². The highest BCUT2D eigenvalue weighted by atomic mass is 79.9. The Balaban J connectivity index is 1.96. The average molecular weight is 338 g/mol. The number of amides is 1. The third-order valence-electron chi connectivity index (χ3n) is 2.96. The van der Waals surface area contributed by atoms with Gasteiger partial charge in [-0.05, 0) is 34.6 Å². The number of aryl methyl sites for hydroxylation is 1.